The van der Waals surface area contributed by atoms with Crippen molar-refractivity contribution in [1.82, 2.24) is 9.97 Å². The molecule has 0 aliphatic rings. The SMILES string of the molecule is CC(C)Oc1ccnc(NC(C)(C)CCO)n1. The molecule has 17 heavy (non-hydrogen) atoms. The highest BCUT2D eigenvalue weighted by Gasteiger charge is 2.18. The second-order valence-electron chi connectivity index (χ2n) is 4.87. The van der Waals surface area contributed by atoms with Crippen LogP contribution < -0.4 is 10.1 Å². The lowest BCUT2D eigenvalue weighted by Gasteiger charge is -2.25. The molecule has 0 saturated heterocycles. The fraction of sp³-hybridized carbons (Fsp3) is 0.667. The monoisotopic (exact) mass is 239 g/mol. The number of ether oxygens (including phenoxy) is 1. The Hall–Kier alpha value is -1.36. The van der Waals surface area contributed by atoms with Gasteiger partial charge in [-0.25, -0.2) is 4.98 Å². The van der Waals surface area contributed by atoms with E-state index in [1.165, 1.54) is 0 Å². The molecule has 1 aromatic heterocycles. The van der Waals surface area contributed by atoms with Crippen LogP contribution >= 0.6 is 0 Å². The van der Waals surface area contributed by atoms with E-state index in [0.717, 1.165) is 0 Å². The first-order valence-corrected chi connectivity index (χ1v) is 5.82. The van der Waals surface area contributed by atoms with E-state index in [2.05, 4.69) is 15.3 Å². The summed E-state index contributed by atoms with van der Waals surface area (Å²) in [4.78, 5) is 8.38. The van der Waals surface area contributed by atoms with Crippen molar-refractivity contribution in [2.45, 2.75) is 45.8 Å². The highest BCUT2D eigenvalue weighted by atomic mass is 16.5. The lowest BCUT2D eigenvalue weighted by molar-refractivity contribution is 0.232. The van der Waals surface area contributed by atoms with Crippen molar-refractivity contribution in [3.63, 3.8) is 0 Å². The predicted molar refractivity (Wildman–Crippen MR) is 67.2 cm³/mol. The first-order chi connectivity index (χ1) is 7.93. The smallest absolute Gasteiger partial charge is 0.226 e. The molecule has 1 aromatic rings. The van der Waals surface area contributed by atoms with Gasteiger partial charge in [-0.3, -0.25) is 0 Å². The van der Waals surface area contributed by atoms with Crippen molar-refractivity contribution in [3.8, 4) is 5.88 Å². The highest BCUT2D eigenvalue weighted by molar-refractivity contribution is 5.30. The van der Waals surface area contributed by atoms with E-state index in [9.17, 15) is 0 Å². The van der Waals surface area contributed by atoms with Crippen LogP contribution in [-0.2, 0) is 0 Å². The summed E-state index contributed by atoms with van der Waals surface area (Å²) in [7, 11) is 0. The van der Waals surface area contributed by atoms with Crippen molar-refractivity contribution < 1.29 is 9.84 Å². The van der Waals surface area contributed by atoms with Crippen LogP contribution in [0.15, 0.2) is 12.3 Å². The molecule has 0 aliphatic carbocycles. The van der Waals surface area contributed by atoms with Gasteiger partial charge >= 0.3 is 0 Å². The first kappa shape index (κ1) is 13.7. The molecule has 5 heteroatoms. The lowest BCUT2D eigenvalue weighted by atomic mass is 10.0. The molecule has 0 amide bonds. The summed E-state index contributed by atoms with van der Waals surface area (Å²) in [5.74, 6) is 1.07. The third-order valence-electron chi connectivity index (χ3n) is 2.17. The lowest BCUT2D eigenvalue weighted by Crippen LogP contribution is -2.32. The Kier molecular flexibility index (Phi) is 4.69. The van der Waals surface area contributed by atoms with E-state index >= 15 is 0 Å². The maximum atomic E-state index is 8.95. The van der Waals surface area contributed by atoms with Crippen molar-refractivity contribution in [1.29, 1.82) is 0 Å². The third kappa shape index (κ3) is 4.99. The van der Waals surface area contributed by atoms with E-state index < -0.39 is 0 Å². The van der Waals surface area contributed by atoms with Crippen molar-refractivity contribution >= 4 is 5.95 Å². The Morgan fingerprint density at radius 2 is 2.18 bits per heavy atom. The fourth-order valence-electron chi connectivity index (χ4n) is 1.35. The average molecular weight is 239 g/mol. The van der Waals surface area contributed by atoms with Gasteiger partial charge in [0.2, 0.25) is 11.8 Å². The van der Waals surface area contributed by atoms with E-state index in [4.69, 9.17) is 9.84 Å². The Morgan fingerprint density at radius 1 is 1.47 bits per heavy atom. The van der Waals surface area contributed by atoms with Crippen molar-refractivity contribution in [3.05, 3.63) is 12.3 Å². The molecule has 0 radical (unpaired) electrons. The molecule has 5 nitrogen and oxygen atoms in total. The fourth-order valence-corrected chi connectivity index (χ4v) is 1.35. The Morgan fingerprint density at radius 3 is 2.76 bits per heavy atom. The van der Waals surface area contributed by atoms with Crippen LogP contribution in [0.5, 0.6) is 5.88 Å². The van der Waals surface area contributed by atoms with E-state index in [0.29, 0.717) is 18.2 Å². The number of aliphatic hydroxyl groups excluding tert-OH is 1. The van der Waals surface area contributed by atoms with E-state index in [-0.39, 0.29) is 18.2 Å². The zero-order valence-electron chi connectivity index (χ0n) is 10.9. The zero-order valence-corrected chi connectivity index (χ0v) is 10.9. The van der Waals surface area contributed by atoms with Crippen LogP contribution in [0.4, 0.5) is 5.95 Å². The molecule has 1 rings (SSSR count). The molecule has 96 valence electrons. The largest absolute Gasteiger partial charge is 0.475 e. The van der Waals surface area contributed by atoms with Crippen LogP contribution in [-0.4, -0.2) is 33.3 Å². The topological polar surface area (TPSA) is 67.3 Å². The molecular formula is C12H21N3O2. The normalized spacial score (nSPS) is 11.6. The maximum Gasteiger partial charge on any atom is 0.226 e. The summed E-state index contributed by atoms with van der Waals surface area (Å²) in [6, 6.07) is 1.73. The Labute approximate surface area is 102 Å². The molecule has 0 aliphatic heterocycles. The summed E-state index contributed by atoms with van der Waals surface area (Å²) in [5.41, 5.74) is -0.245. The third-order valence-corrected chi connectivity index (χ3v) is 2.17. The summed E-state index contributed by atoms with van der Waals surface area (Å²) in [6.45, 7) is 8.00. The van der Waals surface area contributed by atoms with Crippen LogP contribution in [0.3, 0.4) is 0 Å². The number of anilines is 1. The molecule has 0 spiro atoms. The molecular weight excluding hydrogens is 218 g/mol. The minimum atomic E-state index is -0.245. The van der Waals surface area contributed by atoms with E-state index in [1.54, 1.807) is 12.3 Å². The number of hydrogen-bond acceptors (Lipinski definition) is 5. The Bertz CT molecular complexity index is 353. The van der Waals surface area contributed by atoms with Gasteiger partial charge in [-0.1, -0.05) is 0 Å². The predicted octanol–water partition coefficient (Wildman–Crippen LogP) is 1.84. The summed E-state index contributed by atoms with van der Waals surface area (Å²) < 4.78 is 5.49. The van der Waals surface area contributed by atoms with Gasteiger partial charge in [0, 0.05) is 24.4 Å². The second kappa shape index (κ2) is 5.82. The molecule has 0 unspecified atom stereocenters. The number of nitrogens with zero attached hydrogens (tertiary/aromatic N) is 2. The van der Waals surface area contributed by atoms with Gasteiger partial charge in [0.15, 0.2) is 0 Å². The summed E-state index contributed by atoms with van der Waals surface area (Å²) in [5, 5.41) is 12.1. The van der Waals surface area contributed by atoms with Crippen molar-refractivity contribution in [2.75, 3.05) is 11.9 Å². The number of aliphatic hydroxyl groups is 1. The van der Waals surface area contributed by atoms with E-state index in [1.807, 2.05) is 27.7 Å². The Balaban J connectivity index is 2.71. The molecule has 0 bridgehead atoms. The molecule has 0 atom stereocenters. The number of nitrogens with one attached hydrogen (secondary N) is 1. The summed E-state index contributed by atoms with van der Waals surface area (Å²) >= 11 is 0. The average Bonchev–Trinajstić information content (AvgIpc) is 2.15. The van der Waals surface area contributed by atoms with Gasteiger partial charge in [-0.15, -0.1) is 0 Å². The van der Waals surface area contributed by atoms with Gasteiger partial charge in [-0.2, -0.15) is 4.98 Å². The van der Waals surface area contributed by atoms with Crippen LogP contribution in [0.25, 0.3) is 0 Å². The summed E-state index contributed by atoms with van der Waals surface area (Å²) in [6.07, 6.45) is 2.37. The second-order valence-corrected chi connectivity index (χ2v) is 4.87. The van der Waals surface area contributed by atoms with Gasteiger partial charge in [-0.05, 0) is 34.1 Å². The van der Waals surface area contributed by atoms with Gasteiger partial charge in [0.25, 0.3) is 0 Å². The van der Waals surface area contributed by atoms with Crippen LogP contribution in [0.2, 0.25) is 0 Å². The van der Waals surface area contributed by atoms with Gasteiger partial charge in [0.1, 0.15) is 0 Å². The van der Waals surface area contributed by atoms with Crippen LogP contribution in [0, 0.1) is 0 Å². The molecule has 0 saturated carbocycles. The first-order valence-electron chi connectivity index (χ1n) is 5.82. The number of aromatic nitrogens is 2. The number of hydrogen-bond donors (Lipinski definition) is 2. The van der Waals surface area contributed by atoms with Gasteiger partial charge < -0.3 is 15.2 Å². The molecule has 0 aromatic carbocycles. The number of rotatable bonds is 6. The quantitative estimate of drug-likeness (QED) is 0.792. The van der Waals surface area contributed by atoms with Crippen LogP contribution in [0.1, 0.15) is 34.1 Å². The zero-order chi connectivity index (χ0) is 12.9. The molecule has 0 fully saturated rings. The molecule has 1 heterocycles. The minimum absolute atomic E-state index is 0.0863. The highest BCUT2D eigenvalue weighted by Crippen LogP contribution is 2.16. The minimum Gasteiger partial charge on any atom is -0.475 e. The molecule has 2 N–H and O–H groups in total. The standard InChI is InChI=1S/C12H21N3O2/c1-9(2)17-10-5-7-13-11(14-10)15-12(3,4)6-8-16/h5,7,9,16H,6,8H2,1-4H3,(H,13,14,15). The maximum absolute atomic E-state index is 8.95. The van der Waals surface area contributed by atoms with Crippen molar-refractivity contribution in [2.24, 2.45) is 0 Å². The van der Waals surface area contributed by atoms with Gasteiger partial charge in [0.05, 0.1) is 6.10 Å².